The first-order chi connectivity index (χ1) is 4.11. The van der Waals surface area contributed by atoms with Crippen molar-refractivity contribution in [3.63, 3.8) is 0 Å². The summed E-state index contributed by atoms with van der Waals surface area (Å²) in [5.74, 6) is 0. The van der Waals surface area contributed by atoms with Crippen LogP contribution in [0.5, 0.6) is 0 Å². The molecule has 0 saturated heterocycles. The molecule has 0 atom stereocenters. The van der Waals surface area contributed by atoms with Gasteiger partial charge in [0.15, 0.2) is 0 Å². The molecule has 10 heavy (non-hydrogen) atoms. The van der Waals surface area contributed by atoms with Gasteiger partial charge in [-0.3, -0.25) is 11.3 Å². The summed E-state index contributed by atoms with van der Waals surface area (Å²) >= 11 is 1.59. The molecular weight excluding hydrogens is 368 g/mol. The van der Waals surface area contributed by atoms with Gasteiger partial charge in [0.1, 0.15) is 0 Å². The predicted octanol–water partition coefficient (Wildman–Crippen LogP) is 2.24. The molecule has 0 unspecified atom stereocenters. The average Bonchev–Trinajstić information content (AvgIpc) is 2.08. The summed E-state index contributed by atoms with van der Waals surface area (Å²) in [7, 11) is 0. The first-order valence-corrected chi connectivity index (χ1v) is 3.75. The number of nitrogens with zero attached hydrogens (tertiary/aromatic N) is 1. The summed E-state index contributed by atoms with van der Waals surface area (Å²) in [6, 6.07) is 0. The topological polar surface area (TPSA) is 12.9 Å². The van der Waals surface area contributed by atoms with E-state index in [2.05, 4.69) is 31.3 Å². The van der Waals surface area contributed by atoms with Crippen LogP contribution in [0.25, 0.3) is 0 Å². The van der Waals surface area contributed by atoms with Gasteiger partial charge in [0.25, 0.3) is 0 Å². The Kier molecular flexibility index (Phi) is 4.16. The normalized spacial score (nSPS) is 10.7. The molecule has 0 aliphatic heterocycles. The fourth-order valence-corrected chi connectivity index (χ4v) is 1.15. The minimum atomic E-state index is 0. The Morgan fingerprint density at radius 2 is 2.10 bits per heavy atom. The Labute approximate surface area is 89.6 Å². The molecule has 1 nitrogen and oxygen atoms in total. The maximum absolute atomic E-state index is 3.88. The second kappa shape index (κ2) is 3.90. The molecule has 0 bridgehead atoms. The van der Waals surface area contributed by atoms with Crippen molar-refractivity contribution in [3.05, 3.63) is 16.6 Å². The molecule has 3 heteroatoms. The molecule has 0 N–H and O–H groups in total. The number of rotatable bonds is 0. The summed E-state index contributed by atoms with van der Waals surface area (Å²) < 4.78 is 0. The van der Waals surface area contributed by atoms with Crippen molar-refractivity contribution in [2.45, 2.75) is 26.2 Å². The van der Waals surface area contributed by atoms with Crippen LogP contribution in [0, 0.1) is 36.6 Å². The number of thiazole rings is 1. The molecule has 0 saturated carbocycles. The van der Waals surface area contributed by atoms with Crippen LogP contribution < -0.4 is 0 Å². The molecule has 0 amide bonds. The Balaban J connectivity index is 0.000000810. The van der Waals surface area contributed by atoms with Crippen molar-refractivity contribution in [2.75, 3.05) is 0 Å². The molecule has 1 aromatic rings. The summed E-state index contributed by atoms with van der Waals surface area (Å²) in [5.41, 5.74) is 3.08. The van der Waals surface area contributed by atoms with Crippen molar-refractivity contribution in [1.82, 2.24) is 4.98 Å². The first kappa shape index (κ1) is 10.7. The maximum atomic E-state index is 3.88. The zero-order valence-corrected chi connectivity index (χ0v) is 11.4. The van der Waals surface area contributed by atoms with E-state index in [9.17, 15) is 0 Å². The monoisotopic (exact) mass is 378 g/mol. The van der Waals surface area contributed by atoms with Crippen LogP contribution in [-0.2, 0) is 5.41 Å². The summed E-state index contributed by atoms with van der Waals surface area (Å²) in [6.07, 6.45) is 1.88. The van der Waals surface area contributed by atoms with Gasteiger partial charge in [-0.15, -0.1) is 11.1 Å². The van der Waals surface area contributed by atoms with E-state index >= 15 is 0 Å². The van der Waals surface area contributed by atoms with Crippen LogP contribution in [0.3, 0.4) is 0 Å². The Bertz CT molecular complexity index is 176. The van der Waals surface area contributed by atoms with Gasteiger partial charge in [0.05, 0.1) is 0 Å². The molecule has 1 rings (SSSR count). The van der Waals surface area contributed by atoms with Crippen LogP contribution in [0.15, 0.2) is 6.20 Å². The summed E-state index contributed by atoms with van der Waals surface area (Å²) in [4.78, 5) is 5.18. The van der Waals surface area contributed by atoms with Crippen molar-refractivity contribution < 1.29 is 31.1 Å². The SMILES string of the molecule is CC(C)(C)c1cn[c-]s1.[U]. The average molecular weight is 378 g/mol. The number of hydrogen-bond acceptors (Lipinski definition) is 2. The van der Waals surface area contributed by atoms with E-state index in [-0.39, 0.29) is 36.5 Å². The van der Waals surface area contributed by atoms with Gasteiger partial charge < -0.3 is 4.98 Å². The molecule has 0 aliphatic carbocycles. The van der Waals surface area contributed by atoms with Crippen molar-refractivity contribution in [2.24, 2.45) is 0 Å². The fraction of sp³-hybridized carbons (Fsp3) is 0.571. The maximum Gasteiger partial charge on any atom is 0 e. The van der Waals surface area contributed by atoms with E-state index in [1.165, 1.54) is 4.88 Å². The van der Waals surface area contributed by atoms with Gasteiger partial charge in [-0.25, -0.2) is 0 Å². The second-order valence-electron chi connectivity index (χ2n) is 3.07. The third kappa shape index (κ3) is 2.74. The zero-order valence-electron chi connectivity index (χ0n) is 6.43. The van der Waals surface area contributed by atoms with Crippen LogP contribution >= 0.6 is 11.3 Å². The molecule has 1 aromatic heterocycles. The molecule has 0 aliphatic rings. The van der Waals surface area contributed by atoms with Crippen LogP contribution in [0.2, 0.25) is 0 Å². The number of aromatic nitrogens is 1. The van der Waals surface area contributed by atoms with Gasteiger partial charge in [-0.05, 0) is 5.51 Å². The van der Waals surface area contributed by atoms with Gasteiger partial charge >= 0.3 is 0 Å². The van der Waals surface area contributed by atoms with Crippen LogP contribution in [0.1, 0.15) is 25.6 Å². The zero-order chi connectivity index (χ0) is 6.91. The van der Waals surface area contributed by atoms with E-state index in [0.29, 0.717) is 0 Å². The minimum Gasteiger partial charge on any atom is -0.394 e. The molecule has 0 spiro atoms. The third-order valence-electron chi connectivity index (χ3n) is 1.13. The fourth-order valence-electron chi connectivity index (χ4n) is 0.534. The summed E-state index contributed by atoms with van der Waals surface area (Å²) in [5, 5.41) is 0. The first-order valence-electron chi connectivity index (χ1n) is 2.93. The van der Waals surface area contributed by atoms with Crippen LogP contribution in [0.4, 0.5) is 0 Å². The standard InChI is InChI=1S/C7H10NS.U/c1-7(2,3)6-4-8-5-9-6;/h4H,1-3H3;/q-1;. The largest absolute Gasteiger partial charge is 0.394 e. The Hall–Kier alpha value is 0.682. The van der Waals surface area contributed by atoms with Gasteiger partial charge in [-0.1, -0.05) is 26.2 Å². The third-order valence-corrected chi connectivity index (χ3v) is 2.26. The van der Waals surface area contributed by atoms with Crippen molar-refractivity contribution in [1.29, 1.82) is 0 Å². The molecule has 1 heterocycles. The van der Waals surface area contributed by atoms with E-state index in [0.717, 1.165) is 0 Å². The smallest absolute Gasteiger partial charge is 0 e. The van der Waals surface area contributed by atoms with Gasteiger partial charge in [0.2, 0.25) is 0 Å². The molecule has 0 aromatic carbocycles. The van der Waals surface area contributed by atoms with Crippen LogP contribution in [-0.4, -0.2) is 4.98 Å². The van der Waals surface area contributed by atoms with Gasteiger partial charge in [0, 0.05) is 31.1 Å². The van der Waals surface area contributed by atoms with Crippen molar-refractivity contribution >= 4 is 11.3 Å². The second-order valence-corrected chi connectivity index (χ2v) is 3.89. The Morgan fingerprint density at radius 3 is 2.30 bits per heavy atom. The van der Waals surface area contributed by atoms with Crippen molar-refractivity contribution in [3.8, 4) is 0 Å². The summed E-state index contributed by atoms with van der Waals surface area (Å²) in [6.45, 7) is 6.52. The minimum absolute atomic E-state index is 0. The van der Waals surface area contributed by atoms with E-state index in [4.69, 9.17) is 0 Å². The predicted molar refractivity (Wildman–Crippen MR) is 39.7 cm³/mol. The molecular formula is C7H10NSU-. The van der Waals surface area contributed by atoms with E-state index in [1.54, 1.807) is 11.3 Å². The van der Waals surface area contributed by atoms with E-state index < -0.39 is 0 Å². The quantitative estimate of drug-likeness (QED) is 0.632. The molecule has 0 fully saturated rings. The molecule has 0 radical (unpaired) electrons. The molecule has 54 valence electrons. The Morgan fingerprint density at radius 1 is 1.50 bits per heavy atom. The van der Waals surface area contributed by atoms with E-state index in [1.807, 2.05) is 6.20 Å². The number of hydrogen-bond donors (Lipinski definition) is 0. The van der Waals surface area contributed by atoms with Gasteiger partial charge in [-0.2, -0.15) is 0 Å².